The summed E-state index contributed by atoms with van der Waals surface area (Å²) in [7, 11) is -0.146. The van der Waals surface area contributed by atoms with Crippen molar-refractivity contribution in [1.29, 1.82) is 0 Å². The van der Waals surface area contributed by atoms with Crippen molar-refractivity contribution in [2.45, 2.75) is 77.8 Å². The lowest BCUT2D eigenvalue weighted by Gasteiger charge is -2.32. The Morgan fingerprint density at radius 1 is 1.05 bits per heavy atom. The van der Waals surface area contributed by atoms with Crippen LogP contribution in [0.5, 0.6) is 0 Å². The summed E-state index contributed by atoms with van der Waals surface area (Å²) in [6.07, 6.45) is 2.72. The van der Waals surface area contributed by atoms with Crippen molar-refractivity contribution in [2.24, 2.45) is 0 Å². The van der Waals surface area contributed by atoms with Crippen LogP contribution in [0.2, 0.25) is 6.32 Å². The molecule has 1 atom stereocenters. The van der Waals surface area contributed by atoms with E-state index in [4.69, 9.17) is 13.7 Å². The number of hydrogen-bond acceptors (Lipinski definition) is 3. The van der Waals surface area contributed by atoms with Crippen LogP contribution in [0, 0.1) is 0 Å². The van der Waals surface area contributed by atoms with Crippen molar-refractivity contribution in [1.82, 2.24) is 0 Å². The van der Waals surface area contributed by atoms with Crippen LogP contribution in [0.4, 0.5) is 0 Å². The summed E-state index contributed by atoms with van der Waals surface area (Å²) in [5, 5.41) is 0. The van der Waals surface area contributed by atoms with Gasteiger partial charge in [0.25, 0.3) is 0 Å². The maximum absolute atomic E-state index is 6.06. The highest BCUT2D eigenvalue weighted by Crippen LogP contribution is 2.39. The molecular formula is C16H27BO3. The van der Waals surface area contributed by atoms with Crippen LogP contribution < -0.4 is 0 Å². The van der Waals surface area contributed by atoms with Crippen LogP contribution in [0.15, 0.2) is 16.7 Å². The van der Waals surface area contributed by atoms with E-state index in [1.165, 1.54) is 5.56 Å². The minimum atomic E-state index is -0.253. The summed E-state index contributed by atoms with van der Waals surface area (Å²) in [6, 6.07) is 2.15. The van der Waals surface area contributed by atoms with Crippen molar-refractivity contribution in [2.75, 3.05) is 0 Å². The van der Waals surface area contributed by atoms with E-state index >= 15 is 0 Å². The van der Waals surface area contributed by atoms with Gasteiger partial charge in [0.05, 0.1) is 17.5 Å². The molecule has 0 amide bonds. The molecule has 0 spiro atoms. The van der Waals surface area contributed by atoms with Gasteiger partial charge in [-0.3, -0.25) is 0 Å². The Hall–Kier alpha value is -0.735. The molecule has 0 aliphatic carbocycles. The molecule has 20 heavy (non-hydrogen) atoms. The van der Waals surface area contributed by atoms with Gasteiger partial charge < -0.3 is 13.7 Å². The van der Waals surface area contributed by atoms with Crippen molar-refractivity contribution in [3.63, 3.8) is 0 Å². The molecule has 0 aromatic carbocycles. The lowest BCUT2D eigenvalue weighted by atomic mass is 9.76. The smallest absolute Gasteiger partial charge is 0.458 e. The lowest BCUT2D eigenvalue weighted by molar-refractivity contribution is 0.00578. The van der Waals surface area contributed by atoms with E-state index in [1.807, 2.05) is 6.26 Å². The van der Waals surface area contributed by atoms with Crippen molar-refractivity contribution in [3.05, 3.63) is 23.7 Å². The van der Waals surface area contributed by atoms with E-state index in [-0.39, 0.29) is 18.3 Å². The molecule has 3 nitrogen and oxygen atoms in total. The molecule has 1 aliphatic heterocycles. The topological polar surface area (TPSA) is 31.6 Å². The SMILES string of the molecule is CC(C)c1cc(C(C)CB2OC(C)(C)C(C)(C)O2)co1. The minimum absolute atomic E-state index is 0.146. The third-order valence-corrected chi connectivity index (χ3v) is 4.63. The second-order valence-electron chi connectivity index (χ2n) is 7.26. The molecule has 0 saturated carbocycles. The molecule has 112 valence electrons. The van der Waals surface area contributed by atoms with Gasteiger partial charge in [-0.2, -0.15) is 0 Å². The van der Waals surface area contributed by atoms with Crippen molar-refractivity contribution >= 4 is 7.12 Å². The zero-order chi connectivity index (χ0) is 15.1. The molecule has 2 rings (SSSR count). The van der Waals surface area contributed by atoms with E-state index in [1.54, 1.807) is 0 Å². The van der Waals surface area contributed by atoms with E-state index in [9.17, 15) is 0 Å². The zero-order valence-corrected chi connectivity index (χ0v) is 13.8. The third kappa shape index (κ3) is 2.96. The van der Waals surface area contributed by atoms with Gasteiger partial charge in [-0.25, -0.2) is 0 Å². The molecule has 1 aromatic rings. The van der Waals surface area contributed by atoms with Gasteiger partial charge in [-0.05, 0) is 51.6 Å². The molecule has 0 bridgehead atoms. The van der Waals surface area contributed by atoms with E-state index in [2.05, 4.69) is 54.5 Å². The Balaban J connectivity index is 2.00. The standard InChI is InChI=1S/C16H27BO3/c1-11(2)14-8-13(10-18-14)12(3)9-17-19-15(4,5)16(6,7)20-17/h8,10-12H,9H2,1-7H3. The van der Waals surface area contributed by atoms with Gasteiger partial charge in [-0.15, -0.1) is 0 Å². The summed E-state index contributed by atoms with van der Waals surface area (Å²) in [5.41, 5.74) is 0.719. The van der Waals surface area contributed by atoms with Crippen LogP contribution in [-0.2, 0) is 9.31 Å². The van der Waals surface area contributed by atoms with E-state index in [0.717, 1.165) is 12.1 Å². The van der Waals surface area contributed by atoms with Crippen LogP contribution in [0.1, 0.15) is 71.6 Å². The Morgan fingerprint density at radius 2 is 1.60 bits per heavy atom. The first-order valence-electron chi connectivity index (χ1n) is 7.56. The predicted molar refractivity (Wildman–Crippen MR) is 82.1 cm³/mol. The van der Waals surface area contributed by atoms with Crippen molar-refractivity contribution in [3.8, 4) is 0 Å². The number of furan rings is 1. The second-order valence-corrected chi connectivity index (χ2v) is 7.26. The summed E-state index contributed by atoms with van der Waals surface area (Å²) in [5.74, 6) is 1.83. The molecule has 0 radical (unpaired) electrons. The monoisotopic (exact) mass is 278 g/mol. The zero-order valence-electron chi connectivity index (χ0n) is 13.8. The molecule has 1 fully saturated rings. The Morgan fingerprint density at radius 3 is 2.05 bits per heavy atom. The fourth-order valence-electron chi connectivity index (χ4n) is 2.42. The number of hydrogen-bond donors (Lipinski definition) is 0. The molecule has 1 saturated heterocycles. The first-order chi connectivity index (χ1) is 9.12. The second kappa shape index (κ2) is 5.23. The van der Waals surface area contributed by atoms with Crippen LogP contribution in [-0.4, -0.2) is 18.3 Å². The largest absolute Gasteiger partial charge is 0.469 e. The predicted octanol–water partition coefficient (Wildman–Crippen LogP) is 4.60. The molecule has 1 aromatic heterocycles. The Kier molecular flexibility index (Phi) is 4.09. The highest BCUT2D eigenvalue weighted by Gasteiger charge is 2.51. The quantitative estimate of drug-likeness (QED) is 0.754. The molecule has 2 heterocycles. The summed E-state index contributed by atoms with van der Waals surface area (Å²) >= 11 is 0. The molecular weight excluding hydrogens is 251 g/mol. The average molecular weight is 278 g/mol. The molecule has 1 aliphatic rings. The van der Waals surface area contributed by atoms with Gasteiger partial charge in [-0.1, -0.05) is 20.8 Å². The van der Waals surface area contributed by atoms with Crippen LogP contribution in [0.25, 0.3) is 0 Å². The molecule has 1 unspecified atom stereocenters. The van der Waals surface area contributed by atoms with Gasteiger partial charge in [0.2, 0.25) is 0 Å². The fourth-order valence-corrected chi connectivity index (χ4v) is 2.42. The molecule has 0 N–H and O–H groups in total. The third-order valence-electron chi connectivity index (χ3n) is 4.63. The van der Waals surface area contributed by atoms with Gasteiger partial charge in [0.1, 0.15) is 5.76 Å². The van der Waals surface area contributed by atoms with E-state index < -0.39 is 0 Å². The average Bonchev–Trinajstić information content (AvgIpc) is 2.82. The lowest BCUT2D eigenvalue weighted by Crippen LogP contribution is -2.41. The highest BCUT2D eigenvalue weighted by atomic mass is 16.7. The van der Waals surface area contributed by atoms with E-state index in [0.29, 0.717) is 11.8 Å². The highest BCUT2D eigenvalue weighted by molar-refractivity contribution is 6.45. The first kappa shape index (κ1) is 15.6. The maximum atomic E-state index is 6.06. The van der Waals surface area contributed by atoms with Gasteiger partial charge in [0.15, 0.2) is 0 Å². The summed E-state index contributed by atoms with van der Waals surface area (Å²) < 4.78 is 17.7. The Labute approximate surface area is 123 Å². The summed E-state index contributed by atoms with van der Waals surface area (Å²) in [6.45, 7) is 14.8. The summed E-state index contributed by atoms with van der Waals surface area (Å²) in [4.78, 5) is 0. The number of rotatable bonds is 4. The van der Waals surface area contributed by atoms with Crippen molar-refractivity contribution < 1.29 is 13.7 Å². The molecule has 4 heteroatoms. The van der Waals surface area contributed by atoms with Crippen LogP contribution in [0.3, 0.4) is 0 Å². The Bertz CT molecular complexity index is 446. The van der Waals surface area contributed by atoms with Crippen LogP contribution >= 0.6 is 0 Å². The minimum Gasteiger partial charge on any atom is -0.469 e. The maximum Gasteiger partial charge on any atom is 0.458 e. The first-order valence-corrected chi connectivity index (χ1v) is 7.56. The fraction of sp³-hybridized carbons (Fsp3) is 0.750. The van der Waals surface area contributed by atoms with Gasteiger partial charge >= 0.3 is 7.12 Å². The van der Waals surface area contributed by atoms with Gasteiger partial charge in [0, 0.05) is 5.92 Å². The normalized spacial score (nSPS) is 22.5.